The van der Waals surface area contributed by atoms with Crippen molar-refractivity contribution in [1.29, 1.82) is 0 Å². The Morgan fingerprint density at radius 2 is 0.676 bits per heavy atom. The Kier molecular flexibility index (Phi) is 44.4. The van der Waals surface area contributed by atoms with E-state index in [1.54, 1.807) is 0 Å². The highest BCUT2D eigenvalue weighted by atomic mass is 16.6. The zero-order chi connectivity index (χ0) is 50.3. The van der Waals surface area contributed by atoms with Gasteiger partial charge in [0.1, 0.15) is 13.2 Å². The second-order valence-electron chi connectivity index (χ2n) is 17.5. The summed E-state index contributed by atoms with van der Waals surface area (Å²) >= 11 is 0. The molecule has 0 aliphatic carbocycles. The topological polar surface area (TPSA) is 207 Å². The molecule has 0 fully saturated rings. The maximum Gasteiger partial charge on any atom is 0.407 e. The highest BCUT2D eigenvalue weighted by molar-refractivity contribution is 5.70. The summed E-state index contributed by atoms with van der Waals surface area (Å²) in [5, 5.41) is 5.54. The third-order valence-electron chi connectivity index (χ3n) is 10.5. The lowest BCUT2D eigenvalue weighted by molar-refractivity contribution is -0.146. The second-order valence-corrected chi connectivity index (χ2v) is 17.5. The first-order chi connectivity index (χ1) is 32.9. The molecule has 0 rings (SSSR count). The van der Waals surface area contributed by atoms with Gasteiger partial charge in [0.15, 0.2) is 0 Å². The number of alkyl carbamates (subject to hydrolysis) is 2. The van der Waals surface area contributed by atoms with Crippen molar-refractivity contribution < 1.29 is 66.7 Å². The SMILES string of the molecule is CCCCOC(=O)CCN(CCOC(=O)CCCCCCCNC(=O)OCCCCOC(=O)CCCCCCCNC(=O)OCCN(CCOC(C)C)CCC(=O)OCCCC)CCOC(C)C. The van der Waals surface area contributed by atoms with Gasteiger partial charge in [-0.05, 0) is 79.1 Å². The molecule has 0 atom stereocenters. The molecule has 0 saturated carbocycles. The van der Waals surface area contributed by atoms with Crippen molar-refractivity contribution in [2.24, 2.45) is 0 Å². The molecule has 68 heavy (non-hydrogen) atoms. The number of esters is 4. The zero-order valence-electron chi connectivity index (χ0n) is 43.2. The summed E-state index contributed by atoms with van der Waals surface area (Å²) in [5.41, 5.74) is 0. The van der Waals surface area contributed by atoms with Crippen LogP contribution in [0.2, 0.25) is 0 Å². The molecule has 0 bridgehead atoms. The van der Waals surface area contributed by atoms with Crippen molar-refractivity contribution in [1.82, 2.24) is 20.4 Å². The summed E-state index contributed by atoms with van der Waals surface area (Å²) < 4.78 is 43.1. The minimum atomic E-state index is -0.467. The van der Waals surface area contributed by atoms with Crippen molar-refractivity contribution in [3.8, 4) is 0 Å². The highest BCUT2D eigenvalue weighted by Gasteiger charge is 2.14. The minimum Gasteiger partial charge on any atom is -0.466 e. The van der Waals surface area contributed by atoms with E-state index in [-0.39, 0.29) is 75.4 Å². The molecular formula is C50H94N4O14. The van der Waals surface area contributed by atoms with Gasteiger partial charge in [-0.2, -0.15) is 0 Å². The van der Waals surface area contributed by atoms with Crippen LogP contribution in [0.1, 0.15) is 170 Å². The van der Waals surface area contributed by atoms with E-state index in [9.17, 15) is 28.8 Å². The molecule has 0 aromatic heterocycles. The quantitative estimate of drug-likeness (QED) is 0.0338. The van der Waals surface area contributed by atoms with Gasteiger partial charge in [0.05, 0.1) is 64.7 Å². The number of carbonyl (C=O) groups excluding carboxylic acids is 6. The number of nitrogens with zero attached hydrogens (tertiary/aromatic N) is 2. The molecule has 18 nitrogen and oxygen atoms in total. The Bertz CT molecular complexity index is 1180. The number of nitrogens with one attached hydrogen (secondary N) is 2. The van der Waals surface area contributed by atoms with E-state index in [0.29, 0.717) is 104 Å². The van der Waals surface area contributed by atoms with Gasteiger partial charge < -0.3 is 48.5 Å². The van der Waals surface area contributed by atoms with E-state index in [4.69, 9.17) is 37.9 Å². The predicted molar refractivity (Wildman–Crippen MR) is 261 cm³/mol. The van der Waals surface area contributed by atoms with Crippen LogP contribution in [-0.2, 0) is 57.1 Å². The third-order valence-corrected chi connectivity index (χ3v) is 10.5. The largest absolute Gasteiger partial charge is 0.466 e. The van der Waals surface area contributed by atoms with Gasteiger partial charge in [-0.1, -0.05) is 65.2 Å². The molecule has 398 valence electrons. The van der Waals surface area contributed by atoms with E-state index in [1.807, 2.05) is 46.4 Å². The summed E-state index contributed by atoms with van der Waals surface area (Å²) in [6.45, 7) is 19.2. The van der Waals surface area contributed by atoms with Gasteiger partial charge in [0, 0.05) is 65.2 Å². The monoisotopic (exact) mass is 975 g/mol. The van der Waals surface area contributed by atoms with Gasteiger partial charge in [-0.25, -0.2) is 9.59 Å². The van der Waals surface area contributed by atoms with Crippen LogP contribution < -0.4 is 10.6 Å². The molecule has 0 aliphatic heterocycles. The molecule has 2 N–H and O–H groups in total. The van der Waals surface area contributed by atoms with Crippen molar-refractivity contribution in [3.63, 3.8) is 0 Å². The molecular weight excluding hydrogens is 881 g/mol. The van der Waals surface area contributed by atoms with Crippen LogP contribution >= 0.6 is 0 Å². The molecule has 2 amide bonds. The molecule has 0 unspecified atom stereocenters. The van der Waals surface area contributed by atoms with Crippen LogP contribution in [0.5, 0.6) is 0 Å². The molecule has 0 spiro atoms. The summed E-state index contributed by atoms with van der Waals surface area (Å²) in [7, 11) is 0. The maximum absolute atomic E-state index is 12.3. The fraction of sp³-hybridized carbons (Fsp3) is 0.880. The number of ether oxygens (including phenoxy) is 8. The number of rotatable bonds is 47. The number of carbonyl (C=O) groups is 6. The van der Waals surface area contributed by atoms with Crippen molar-refractivity contribution in [2.45, 2.75) is 182 Å². The van der Waals surface area contributed by atoms with Crippen LogP contribution in [0.25, 0.3) is 0 Å². The van der Waals surface area contributed by atoms with Crippen molar-refractivity contribution in [3.05, 3.63) is 0 Å². The summed E-state index contributed by atoms with van der Waals surface area (Å²) in [6.07, 6.45) is 14.0. The fourth-order valence-electron chi connectivity index (χ4n) is 6.40. The van der Waals surface area contributed by atoms with Crippen LogP contribution in [0.15, 0.2) is 0 Å². The van der Waals surface area contributed by atoms with Gasteiger partial charge in [-0.3, -0.25) is 29.0 Å². The second kappa shape index (κ2) is 47.0. The predicted octanol–water partition coefficient (Wildman–Crippen LogP) is 7.91. The van der Waals surface area contributed by atoms with Crippen LogP contribution in [0.3, 0.4) is 0 Å². The molecule has 0 saturated heterocycles. The Morgan fingerprint density at radius 1 is 0.353 bits per heavy atom. The number of hydrogen-bond acceptors (Lipinski definition) is 16. The zero-order valence-corrected chi connectivity index (χ0v) is 43.2. The average Bonchev–Trinajstić information content (AvgIpc) is 3.29. The molecule has 0 aromatic carbocycles. The lowest BCUT2D eigenvalue weighted by Gasteiger charge is -2.22. The first kappa shape index (κ1) is 64.3. The van der Waals surface area contributed by atoms with E-state index in [1.165, 1.54) is 0 Å². The Labute approximate surface area is 409 Å². The lowest BCUT2D eigenvalue weighted by atomic mass is 10.1. The number of unbranched alkanes of at least 4 members (excludes halogenated alkanes) is 11. The molecule has 0 radical (unpaired) electrons. The van der Waals surface area contributed by atoms with Gasteiger partial charge in [-0.15, -0.1) is 0 Å². The van der Waals surface area contributed by atoms with Crippen molar-refractivity contribution >= 4 is 36.1 Å². The van der Waals surface area contributed by atoms with Crippen LogP contribution in [0.4, 0.5) is 9.59 Å². The lowest BCUT2D eigenvalue weighted by Crippen LogP contribution is -2.35. The van der Waals surface area contributed by atoms with E-state index in [2.05, 4.69) is 15.5 Å². The third kappa shape index (κ3) is 46.0. The van der Waals surface area contributed by atoms with Gasteiger partial charge in [0.2, 0.25) is 0 Å². The minimum absolute atomic E-state index is 0.109. The van der Waals surface area contributed by atoms with E-state index >= 15 is 0 Å². The number of hydrogen-bond donors (Lipinski definition) is 2. The highest BCUT2D eigenvalue weighted by Crippen LogP contribution is 2.08. The first-order valence-electron chi connectivity index (χ1n) is 26.0. The smallest absolute Gasteiger partial charge is 0.407 e. The van der Waals surface area contributed by atoms with Gasteiger partial charge in [0.25, 0.3) is 0 Å². The normalized spacial score (nSPS) is 11.3. The summed E-state index contributed by atoms with van der Waals surface area (Å²) in [6, 6.07) is 0. The summed E-state index contributed by atoms with van der Waals surface area (Å²) in [5.74, 6) is -0.906. The standard InChI is InChI=1S/C50H94N4O14/c1-7-9-35-63-47(57)25-29-53(31-39-61-43(3)4)33-41-66-46(56)24-18-14-12-15-19-27-51-49(59)67-38-22-21-37-65-45(55)23-17-13-11-16-20-28-52-50(60)68-42-34-54(32-40-62-44(5)6)30-26-48(58)64-36-10-8-2/h43-44H,7-42H2,1-6H3,(H,51,59)(H,52,60). The Balaban J connectivity index is 3.81. The van der Waals surface area contributed by atoms with Gasteiger partial charge >= 0.3 is 36.1 Å². The van der Waals surface area contributed by atoms with E-state index in [0.717, 1.165) is 89.9 Å². The molecule has 18 heteroatoms. The molecule has 0 aliphatic rings. The van der Waals surface area contributed by atoms with Crippen molar-refractivity contribution in [2.75, 3.05) is 105 Å². The van der Waals surface area contributed by atoms with Crippen LogP contribution in [-0.4, -0.2) is 163 Å². The summed E-state index contributed by atoms with van der Waals surface area (Å²) in [4.78, 5) is 76.7. The molecule has 0 aromatic rings. The molecule has 0 heterocycles. The Morgan fingerprint density at radius 3 is 1.10 bits per heavy atom. The Hall–Kier alpha value is -3.74. The first-order valence-corrected chi connectivity index (χ1v) is 26.0. The fourth-order valence-corrected chi connectivity index (χ4v) is 6.40. The van der Waals surface area contributed by atoms with Crippen LogP contribution in [0, 0.1) is 0 Å². The average molecular weight is 975 g/mol. The number of amides is 2. The van der Waals surface area contributed by atoms with E-state index < -0.39 is 12.2 Å². The maximum atomic E-state index is 12.3.